The maximum atomic E-state index is 8.60. The van der Waals surface area contributed by atoms with Gasteiger partial charge in [-0.3, -0.25) is 0 Å². The SMILES string of the molecule is CCOc1cccc(N(CC)CCC#N)c1. The van der Waals surface area contributed by atoms with Crippen LogP contribution in [-0.4, -0.2) is 19.7 Å². The number of benzene rings is 1. The molecule has 1 aromatic carbocycles. The lowest BCUT2D eigenvalue weighted by Crippen LogP contribution is -2.23. The number of hydrogen-bond acceptors (Lipinski definition) is 3. The molecule has 3 heteroatoms. The molecule has 0 atom stereocenters. The highest BCUT2D eigenvalue weighted by atomic mass is 16.5. The molecule has 0 aliphatic heterocycles. The third-order valence-electron chi connectivity index (χ3n) is 2.37. The normalized spacial score (nSPS) is 9.56. The van der Waals surface area contributed by atoms with Gasteiger partial charge in [0.1, 0.15) is 5.75 Å². The van der Waals surface area contributed by atoms with Gasteiger partial charge in [-0.25, -0.2) is 0 Å². The van der Waals surface area contributed by atoms with Crippen molar-refractivity contribution in [2.45, 2.75) is 20.3 Å². The smallest absolute Gasteiger partial charge is 0.121 e. The van der Waals surface area contributed by atoms with Gasteiger partial charge in [-0.05, 0) is 26.0 Å². The van der Waals surface area contributed by atoms with Gasteiger partial charge in [0.15, 0.2) is 0 Å². The quantitative estimate of drug-likeness (QED) is 0.736. The summed E-state index contributed by atoms with van der Waals surface area (Å²) in [6, 6.07) is 10.2. The number of nitrogens with zero attached hydrogens (tertiary/aromatic N) is 2. The summed E-state index contributed by atoms with van der Waals surface area (Å²) in [5, 5.41) is 8.60. The molecule has 0 spiro atoms. The van der Waals surface area contributed by atoms with Crippen molar-refractivity contribution < 1.29 is 4.74 Å². The maximum absolute atomic E-state index is 8.60. The minimum Gasteiger partial charge on any atom is -0.494 e. The van der Waals surface area contributed by atoms with Crippen molar-refractivity contribution in [3.05, 3.63) is 24.3 Å². The summed E-state index contributed by atoms with van der Waals surface area (Å²) in [5.74, 6) is 0.885. The summed E-state index contributed by atoms with van der Waals surface area (Å²) in [5.41, 5.74) is 1.11. The Hall–Kier alpha value is -1.69. The van der Waals surface area contributed by atoms with E-state index in [1.165, 1.54) is 0 Å². The Kier molecular flexibility index (Phi) is 5.21. The largest absolute Gasteiger partial charge is 0.494 e. The van der Waals surface area contributed by atoms with E-state index >= 15 is 0 Å². The monoisotopic (exact) mass is 218 g/mol. The van der Waals surface area contributed by atoms with Gasteiger partial charge in [-0.2, -0.15) is 5.26 Å². The van der Waals surface area contributed by atoms with Crippen molar-refractivity contribution in [1.82, 2.24) is 0 Å². The van der Waals surface area contributed by atoms with E-state index in [-0.39, 0.29) is 0 Å². The average Bonchev–Trinajstić information content (AvgIpc) is 2.31. The first-order chi connectivity index (χ1) is 7.81. The maximum Gasteiger partial charge on any atom is 0.121 e. The molecule has 0 radical (unpaired) electrons. The minimum absolute atomic E-state index is 0.548. The highest BCUT2D eigenvalue weighted by molar-refractivity contribution is 5.50. The summed E-state index contributed by atoms with van der Waals surface area (Å²) in [7, 11) is 0. The Morgan fingerprint density at radius 2 is 2.19 bits per heavy atom. The van der Waals surface area contributed by atoms with Crippen LogP contribution in [0, 0.1) is 11.3 Å². The molecule has 0 saturated heterocycles. The molecular weight excluding hydrogens is 200 g/mol. The zero-order chi connectivity index (χ0) is 11.8. The molecule has 0 heterocycles. The number of hydrogen-bond donors (Lipinski definition) is 0. The molecule has 1 rings (SSSR count). The van der Waals surface area contributed by atoms with Crippen LogP contribution in [0.3, 0.4) is 0 Å². The Morgan fingerprint density at radius 1 is 1.38 bits per heavy atom. The van der Waals surface area contributed by atoms with Crippen molar-refractivity contribution in [3.8, 4) is 11.8 Å². The topological polar surface area (TPSA) is 36.3 Å². The molecule has 0 bridgehead atoms. The van der Waals surface area contributed by atoms with Gasteiger partial charge in [-0.1, -0.05) is 6.07 Å². The predicted octanol–water partition coefficient (Wildman–Crippen LogP) is 2.83. The molecule has 0 N–H and O–H groups in total. The van der Waals surface area contributed by atoms with E-state index in [9.17, 15) is 0 Å². The lowest BCUT2D eigenvalue weighted by molar-refractivity contribution is 0.340. The van der Waals surface area contributed by atoms with E-state index < -0.39 is 0 Å². The summed E-state index contributed by atoms with van der Waals surface area (Å²) in [6.07, 6.45) is 0.548. The predicted molar refractivity (Wildman–Crippen MR) is 65.7 cm³/mol. The van der Waals surface area contributed by atoms with Gasteiger partial charge >= 0.3 is 0 Å². The first-order valence-electron chi connectivity index (χ1n) is 5.66. The first-order valence-corrected chi connectivity index (χ1v) is 5.66. The summed E-state index contributed by atoms with van der Waals surface area (Å²) in [4.78, 5) is 2.17. The van der Waals surface area contributed by atoms with E-state index in [1.807, 2.05) is 31.2 Å². The molecule has 0 amide bonds. The minimum atomic E-state index is 0.548. The van der Waals surface area contributed by atoms with Crippen LogP contribution in [0.5, 0.6) is 5.75 Å². The van der Waals surface area contributed by atoms with Crippen molar-refractivity contribution in [2.24, 2.45) is 0 Å². The molecule has 0 unspecified atom stereocenters. The molecule has 0 aliphatic carbocycles. The molecule has 0 fully saturated rings. The van der Waals surface area contributed by atoms with Crippen LogP contribution in [0.2, 0.25) is 0 Å². The summed E-state index contributed by atoms with van der Waals surface area (Å²) in [6.45, 7) is 6.40. The zero-order valence-corrected chi connectivity index (χ0v) is 9.94. The Balaban J connectivity index is 2.75. The number of nitriles is 1. The second-order valence-corrected chi connectivity index (χ2v) is 3.42. The van der Waals surface area contributed by atoms with Crippen LogP contribution in [-0.2, 0) is 0 Å². The first kappa shape index (κ1) is 12.4. The number of rotatable bonds is 6. The van der Waals surface area contributed by atoms with E-state index in [0.29, 0.717) is 13.0 Å². The standard InChI is InChI=1S/C13H18N2O/c1-3-15(10-6-9-14)12-7-5-8-13(11-12)16-4-2/h5,7-8,11H,3-4,6,10H2,1-2H3. The zero-order valence-electron chi connectivity index (χ0n) is 9.94. The van der Waals surface area contributed by atoms with Gasteiger partial charge < -0.3 is 9.64 Å². The van der Waals surface area contributed by atoms with Crippen molar-refractivity contribution in [1.29, 1.82) is 5.26 Å². The average molecular weight is 218 g/mol. The van der Waals surface area contributed by atoms with E-state index in [2.05, 4.69) is 17.9 Å². The third kappa shape index (κ3) is 3.47. The van der Waals surface area contributed by atoms with Crippen LogP contribution < -0.4 is 9.64 Å². The molecule has 0 saturated carbocycles. The second-order valence-electron chi connectivity index (χ2n) is 3.42. The Bertz CT molecular complexity index is 357. The lowest BCUT2D eigenvalue weighted by atomic mass is 10.2. The van der Waals surface area contributed by atoms with Gasteiger partial charge in [0.05, 0.1) is 19.1 Å². The lowest BCUT2D eigenvalue weighted by Gasteiger charge is -2.22. The van der Waals surface area contributed by atoms with Crippen LogP contribution in [0.1, 0.15) is 20.3 Å². The van der Waals surface area contributed by atoms with Crippen molar-refractivity contribution >= 4 is 5.69 Å². The number of ether oxygens (including phenoxy) is 1. The van der Waals surface area contributed by atoms with Gasteiger partial charge in [-0.15, -0.1) is 0 Å². The summed E-state index contributed by atoms with van der Waals surface area (Å²) >= 11 is 0. The molecule has 1 aromatic rings. The van der Waals surface area contributed by atoms with Crippen LogP contribution in [0.25, 0.3) is 0 Å². The third-order valence-corrected chi connectivity index (χ3v) is 2.37. The molecule has 86 valence electrons. The molecule has 3 nitrogen and oxygen atoms in total. The van der Waals surface area contributed by atoms with Gasteiger partial charge in [0.2, 0.25) is 0 Å². The van der Waals surface area contributed by atoms with Crippen LogP contribution in [0.4, 0.5) is 5.69 Å². The molecule has 16 heavy (non-hydrogen) atoms. The van der Waals surface area contributed by atoms with Gasteiger partial charge in [0, 0.05) is 24.8 Å². The molecule has 0 aliphatic rings. The van der Waals surface area contributed by atoms with E-state index in [1.54, 1.807) is 0 Å². The Labute approximate surface area is 97.3 Å². The highest BCUT2D eigenvalue weighted by Gasteiger charge is 2.04. The van der Waals surface area contributed by atoms with E-state index in [0.717, 1.165) is 24.5 Å². The fraction of sp³-hybridized carbons (Fsp3) is 0.462. The van der Waals surface area contributed by atoms with Crippen molar-refractivity contribution in [3.63, 3.8) is 0 Å². The van der Waals surface area contributed by atoms with Crippen LogP contribution in [0.15, 0.2) is 24.3 Å². The summed E-state index contributed by atoms with van der Waals surface area (Å²) < 4.78 is 5.45. The van der Waals surface area contributed by atoms with Crippen LogP contribution >= 0.6 is 0 Å². The fourth-order valence-corrected chi connectivity index (χ4v) is 1.59. The van der Waals surface area contributed by atoms with Crippen molar-refractivity contribution in [2.75, 3.05) is 24.6 Å². The van der Waals surface area contributed by atoms with E-state index in [4.69, 9.17) is 10.00 Å². The van der Waals surface area contributed by atoms with Gasteiger partial charge in [0.25, 0.3) is 0 Å². The molecular formula is C13H18N2O. The Morgan fingerprint density at radius 3 is 2.81 bits per heavy atom. The second kappa shape index (κ2) is 6.73. The molecule has 0 aromatic heterocycles. The highest BCUT2D eigenvalue weighted by Crippen LogP contribution is 2.21. The fourth-order valence-electron chi connectivity index (χ4n) is 1.59. The number of anilines is 1.